The summed E-state index contributed by atoms with van der Waals surface area (Å²) in [5.74, 6) is 0.458. The summed E-state index contributed by atoms with van der Waals surface area (Å²) in [5.41, 5.74) is 0. The summed E-state index contributed by atoms with van der Waals surface area (Å²) in [5, 5.41) is 5.32. The molecule has 2 amide bonds. The van der Waals surface area contributed by atoms with Gasteiger partial charge in [0.05, 0.1) is 6.26 Å². The number of anilines is 1. The van der Waals surface area contributed by atoms with Crippen LogP contribution in [0.2, 0.25) is 0 Å². The molecule has 1 heterocycles. The molecule has 0 unspecified atom stereocenters. The van der Waals surface area contributed by atoms with Crippen LogP contribution in [0.5, 0.6) is 0 Å². The molecule has 0 aliphatic carbocycles. The molecule has 1 aromatic heterocycles. The zero-order valence-corrected chi connectivity index (χ0v) is 9.12. The highest BCUT2D eigenvalue weighted by molar-refractivity contribution is 5.87. The van der Waals surface area contributed by atoms with Crippen LogP contribution in [0.25, 0.3) is 0 Å². The summed E-state index contributed by atoms with van der Waals surface area (Å²) in [6.45, 7) is 1.62. The lowest BCUT2D eigenvalue weighted by Gasteiger charge is -2.09. The van der Waals surface area contributed by atoms with Gasteiger partial charge in [0.2, 0.25) is 5.88 Å². The summed E-state index contributed by atoms with van der Waals surface area (Å²) in [7, 11) is 4.01. The maximum Gasteiger partial charge on any atom is 0.321 e. The monoisotopic (exact) mass is 211 g/mol. The minimum absolute atomic E-state index is 0.233. The number of rotatable bonds is 5. The fourth-order valence-electron chi connectivity index (χ4n) is 1.10. The van der Waals surface area contributed by atoms with Crippen LogP contribution in [-0.2, 0) is 0 Å². The average Bonchev–Trinajstić information content (AvgIpc) is 2.64. The van der Waals surface area contributed by atoms with Crippen LogP contribution in [0.1, 0.15) is 6.42 Å². The molecule has 0 aliphatic rings. The van der Waals surface area contributed by atoms with Gasteiger partial charge in [0, 0.05) is 12.6 Å². The summed E-state index contributed by atoms with van der Waals surface area (Å²) in [4.78, 5) is 13.3. The summed E-state index contributed by atoms with van der Waals surface area (Å²) >= 11 is 0. The Morgan fingerprint density at radius 1 is 1.53 bits per heavy atom. The van der Waals surface area contributed by atoms with Crippen molar-refractivity contribution in [2.75, 3.05) is 32.5 Å². The van der Waals surface area contributed by atoms with Crippen molar-refractivity contribution < 1.29 is 9.21 Å². The van der Waals surface area contributed by atoms with Crippen molar-refractivity contribution in [3.05, 3.63) is 18.4 Å². The highest BCUT2D eigenvalue weighted by Crippen LogP contribution is 2.05. The maximum atomic E-state index is 11.3. The van der Waals surface area contributed by atoms with Gasteiger partial charge in [-0.3, -0.25) is 5.32 Å². The first-order valence-electron chi connectivity index (χ1n) is 4.91. The van der Waals surface area contributed by atoms with Crippen molar-refractivity contribution in [3.8, 4) is 0 Å². The zero-order chi connectivity index (χ0) is 11.1. The molecule has 84 valence electrons. The van der Waals surface area contributed by atoms with E-state index in [9.17, 15) is 4.79 Å². The van der Waals surface area contributed by atoms with E-state index in [1.165, 1.54) is 6.26 Å². The van der Waals surface area contributed by atoms with E-state index in [1.807, 2.05) is 14.1 Å². The number of hydrogen-bond acceptors (Lipinski definition) is 3. The summed E-state index contributed by atoms with van der Waals surface area (Å²) in [6.07, 6.45) is 2.44. The predicted molar refractivity (Wildman–Crippen MR) is 58.9 cm³/mol. The molecule has 15 heavy (non-hydrogen) atoms. The van der Waals surface area contributed by atoms with Crippen LogP contribution < -0.4 is 10.6 Å². The lowest BCUT2D eigenvalue weighted by Crippen LogP contribution is -2.30. The van der Waals surface area contributed by atoms with Gasteiger partial charge in [-0.1, -0.05) is 0 Å². The number of amides is 2. The zero-order valence-electron chi connectivity index (χ0n) is 9.12. The van der Waals surface area contributed by atoms with Gasteiger partial charge < -0.3 is 14.6 Å². The number of urea groups is 1. The van der Waals surface area contributed by atoms with Crippen molar-refractivity contribution in [1.82, 2.24) is 10.2 Å². The van der Waals surface area contributed by atoms with Gasteiger partial charge in [-0.2, -0.15) is 0 Å². The fraction of sp³-hybridized carbons (Fsp3) is 0.500. The van der Waals surface area contributed by atoms with E-state index in [1.54, 1.807) is 12.1 Å². The lowest BCUT2D eigenvalue weighted by molar-refractivity contribution is 0.251. The van der Waals surface area contributed by atoms with Crippen LogP contribution in [0.4, 0.5) is 10.7 Å². The molecule has 0 saturated heterocycles. The smallest absolute Gasteiger partial charge is 0.321 e. The number of carbonyl (C=O) groups is 1. The van der Waals surface area contributed by atoms with E-state index < -0.39 is 0 Å². The lowest BCUT2D eigenvalue weighted by atomic mass is 10.4. The molecule has 5 nitrogen and oxygen atoms in total. The van der Waals surface area contributed by atoms with E-state index in [2.05, 4.69) is 15.5 Å². The van der Waals surface area contributed by atoms with Gasteiger partial charge >= 0.3 is 6.03 Å². The molecular formula is C10H17N3O2. The molecule has 0 bridgehead atoms. The van der Waals surface area contributed by atoms with Crippen LogP contribution in [0.15, 0.2) is 22.8 Å². The van der Waals surface area contributed by atoms with Gasteiger partial charge in [0.15, 0.2) is 0 Å². The van der Waals surface area contributed by atoms with Crippen LogP contribution in [0.3, 0.4) is 0 Å². The molecule has 0 atom stereocenters. The molecule has 0 aliphatic heterocycles. The maximum absolute atomic E-state index is 11.3. The molecule has 5 heteroatoms. The topological polar surface area (TPSA) is 57.5 Å². The van der Waals surface area contributed by atoms with Gasteiger partial charge in [0.1, 0.15) is 0 Å². The first-order valence-corrected chi connectivity index (χ1v) is 4.91. The van der Waals surface area contributed by atoms with E-state index in [4.69, 9.17) is 4.42 Å². The van der Waals surface area contributed by atoms with Crippen molar-refractivity contribution >= 4 is 11.9 Å². The Bertz CT molecular complexity index is 283. The first kappa shape index (κ1) is 11.6. The van der Waals surface area contributed by atoms with Gasteiger partial charge in [0.25, 0.3) is 0 Å². The standard InChI is InChI=1S/C10H17N3O2/c1-13(2)7-4-6-11-10(14)12-9-5-3-8-15-9/h3,5,8H,4,6-7H2,1-2H3,(H2,11,12,14). The van der Waals surface area contributed by atoms with Gasteiger partial charge in [-0.25, -0.2) is 4.79 Å². The highest BCUT2D eigenvalue weighted by atomic mass is 16.3. The Morgan fingerprint density at radius 2 is 2.33 bits per heavy atom. The number of nitrogens with one attached hydrogen (secondary N) is 2. The number of nitrogens with zero attached hydrogens (tertiary/aromatic N) is 1. The fourth-order valence-corrected chi connectivity index (χ4v) is 1.10. The van der Waals surface area contributed by atoms with Crippen LogP contribution in [-0.4, -0.2) is 38.1 Å². The quantitative estimate of drug-likeness (QED) is 0.723. The molecule has 0 aromatic carbocycles. The van der Waals surface area contributed by atoms with Crippen molar-refractivity contribution in [1.29, 1.82) is 0 Å². The number of carbonyl (C=O) groups excluding carboxylic acids is 1. The second-order valence-corrected chi connectivity index (χ2v) is 3.52. The van der Waals surface area contributed by atoms with Crippen molar-refractivity contribution in [2.45, 2.75) is 6.42 Å². The van der Waals surface area contributed by atoms with Crippen LogP contribution in [0, 0.1) is 0 Å². The van der Waals surface area contributed by atoms with Gasteiger partial charge in [-0.05, 0) is 33.1 Å². The van der Waals surface area contributed by atoms with Crippen molar-refractivity contribution in [3.63, 3.8) is 0 Å². The Labute approximate surface area is 89.4 Å². The Kier molecular flexibility index (Phi) is 4.70. The predicted octanol–water partition coefficient (Wildman–Crippen LogP) is 1.35. The summed E-state index contributed by atoms with van der Waals surface area (Å²) < 4.78 is 4.97. The van der Waals surface area contributed by atoms with E-state index >= 15 is 0 Å². The van der Waals surface area contributed by atoms with E-state index in [0.29, 0.717) is 12.4 Å². The number of furan rings is 1. The molecule has 0 radical (unpaired) electrons. The molecule has 0 saturated carbocycles. The second-order valence-electron chi connectivity index (χ2n) is 3.52. The SMILES string of the molecule is CN(C)CCCNC(=O)Nc1ccco1. The molecule has 1 aromatic rings. The normalized spacial score (nSPS) is 10.3. The molecule has 0 fully saturated rings. The molecule has 1 rings (SSSR count). The minimum Gasteiger partial charge on any atom is -0.449 e. The first-order chi connectivity index (χ1) is 7.18. The summed E-state index contributed by atoms with van der Waals surface area (Å²) in [6, 6.07) is 3.19. The third-order valence-electron chi connectivity index (χ3n) is 1.83. The Balaban J connectivity index is 2.09. The second kappa shape index (κ2) is 6.08. The minimum atomic E-state index is -0.233. The van der Waals surface area contributed by atoms with E-state index in [-0.39, 0.29) is 6.03 Å². The van der Waals surface area contributed by atoms with Crippen molar-refractivity contribution in [2.24, 2.45) is 0 Å². The van der Waals surface area contributed by atoms with E-state index in [0.717, 1.165) is 13.0 Å². The highest BCUT2D eigenvalue weighted by Gasteiger charge is 2.01. The van der Waals surface area contributed by atoms with Gasteiger partial charge in [-0.15, -0.1) is 0 Å². The Hall–Kier alpha value is -1.49. The average molecular weight is 211 g/mol. The third kappa shape index (κ3) is 5.07. The molecular weight excluding hydrogens is 194 g/mol. The molecule has 2 N–H and O–H groups in total. The molecule has 0 spiro atoms. The Morgan fingerprint density at radius 3 is 2.93 bits per heavy atom. The third-order valence-corrected chi connectivity index (χ3v) is 1.83. The van der Waals surface area contributed by atoms with Crippen LogP contribution >= 0.6 is 0 Å². The largest absolute Gasteiger partial charge is 0.449 e. The number of hydrogen-bond donors (Lipinski definition) is 2.